The molecule has 0 saturated heterocycles. The number of thioether (sulfide) groups is 2. The highest BCUT2D eigenvalue weighted by atomic mass is 32.2. The van der Waals surface area contributed by atoms with Crippen molar-refractivity contribution < 1.29 is 0 Å². The molecule has 2 unspecified atom stereocenters. The molecule has 2 aliphatic rings. The third-order valence-electron chi connectivity index (χ3n) is 5.72. The van der Waals surface area contributed by atoms with Gasteiger partial charge in [-0.15, -0.1) is 0 Å². The van der Waals surface area contributed by atoms with Crippen molar-refractivity contribution in [1.82, 2.24) is 0 Å². The first-order chi connectivity index (χ1) is 13.7. The Morgan fingerprint density at radius 3 is 1.39 bits per heavy atom. The molecule has 0 saturated carbocycles. The van der Waals surface area contributed by atoms with Crippen molar-refractivity contribution in [3.63, 3.8) is 0 Å². The van der Waals surface area contributed by atoms with E-state index in [0.717, 1.165) is 12.8 Å². The molecule has 2 atom stereocenters. The number of hydrogen-bond acceptors (Lipinski definition) is 4. The Bertz CT molecular complexity index is 905. The summed E-state index contributed by atoms with van der Waals surface area (Å²) in [5.41, 5.74) is 5.54. The van der Waals surface area contributed by atoms with Gasteiger partial charge in [-0.2, -0.15) is 0 Å². The van der Waals surface area contributed by atoms with Crippen molar-refractivity contribution in [1.29, 1.82) is 0 Å². The molecule has 0 amide bonds. The SMILES string of the molecule is CN1c2ccccc2SC1Cc1ccc(CC2Sc3ccccc3N2C)cc1. The number of para-hydroxylation sites is 2. The topological polar surface area (TPSA) is 6.48 Å². The third kappa shape index (κ3) is 3.29. The first-order valence-electron chi connectivity index (χ1n) is 9.74. The molecule has 0 spiro atoms. The van der Waals surface area contributed by atoms with Gasteiger partial charge < -0.3 is 9.80 Å². The van der Waals surface area contributed by atoms with E-state index in [0.29, 0.717) is 10.7 Å². The Morgan fingerprint density at radius 2 is 1.00 bits per heavy atom. The van der Waals surface area contributed by atoms with Gasteiger partial charge in [0, 0.05) is 36.7 Å². The molecule has 5 rings (SSSR count). The number of benzene rings is 3. The highest BCUT2D eigenvalue weighted by molar-refractivity contribution is 8.00. The van der Waals surface area contributed by atoms with Crippen LogP contribution < -0.4 is 9.80 Å². The lowest BCUT2D eigenvalue weighted by molar-refractivity contribution is 0.823. The van der Waals surface area contributed by atoms with E-state index in [4.69, 9.17) is 0 Å². The maximum atomic E-state index is 2.41. The fourth-order valence-corrected chi connectivity index (χ4v) is 6.69. The van der Waals surface area contributed by atoms with Crippen molar-refractivity contribution >= 4 is 34.9 Å². The first-order valence-corrected chi connectivity index (χ1v) is 11.5. The Labute approximate surface area is 175 Å². The maximum Gasteiger partial charge on any atom is 0.0835 e. The molecule has 2 nitrogen and oxygen atoms in total. The fourth-order valence-electron chi connectivity index (χ4n) is 4.03. The van der Waals surface area contributed by atoms with Crippen LogP contribution in [0.25, 0.3) is 0 Å². The Morgan fingerprint density at radius 1 is 0.607 bits per heavy atom. The lowest BCUT2D eigenvalue weighted by atomic mass is 10.1. The van der Waals surface area contributed by atoms with Crippen molar-refractivity contribution in [3.05, 3.63) is 83.9 Å². The molecule has 2 aliphatic heterocycles. The smallest absolute Gasteiger partial charge is 0.0835 e. The second-order valence-corrected chi connectivity index (χ2v) is 9.97. The van der Waals surface area contributed by atoms with Crippen LogP contribution >= 0.6 is 23.5 Å². The molecule has 0 radical (unpaired) electrons. The van der Waals surface area contributed by atoms with E-state index in [9.17, 15) is 0 Å². The predicted molar refractivity (Wildman–Crippen MR) is 123 cm³/mol. The summed E-state index contributed by atoms with van der Waals surface area (Å²) >= 11 is 3.96. The first kappa shape index (κ1) is 18.0. The average Bonchev–Trinajstić information content (AvgIpc) is 3.21. The van der Waals surface area contributed by atoms with E-state index >= 15 is 0 Å². The molecule has 3 aromatic carbocycles. The summed E-state index contributed by atoms with van der Waals surface area (Å²) in [6, 6.07) is 26.7. The standard InChI is InChI=1S/C24H24N2S2/c1-25-19-7-3-5-9-21(19)27-23(25)15-17-11-13-18(14-12-17)16-24-26(2)20-8-4-6-10-22(20)28-24/h3-14,23-24H,15-16H2,1-2H3. The van der Waals surface area contributed by atoms with Crippen molar-refractivity contribution in [3.8, 4) is 0 Å². The summed E-state index contributed by atoms with van der Waals surface area (Å²) in [6.45, 7) is 0. The second kappa shape index (κ2) is 7.41. The highest BCUT2D eigenvalue weighted by Gasteiger charge is 2.28. The summed E-state index contributed by atoms with van der Waals surface area (Å²) in [4.78, 5) is 7.62. The lowest BCUT2D eigenvalue weighted by Gasteiger charge is -2.22. The van der Waals surface area contributed by atoms with Gasteiger partial charge in [0.25, 0.3) is 0 Å². The number of fused-ring (bicyclic) bond motifs is 2. The fraction of sp³-hybridized carbons (Fsp3) is 0.250. The molecule has 0 N–H and O–H groups in total. The van der Waals surface area contributed by atoms with Crippen LogP contribution in [-0.4, -0.2) is 24.8 Å². The van der Waals surface area contributed by atoms with Crippen molar-refractivity contribution in [2.75, 3.05) is 23.9 Å². The summed E-state index contributed by atoms with van der Waals surface area (Å²) in [5, 5.41) is 0.962. The van der Waals surface area contributed by atoms with E-state index in [1.165, 1.54) is 32.3 Å². The zero-order valence-electron chi connectivity index (χ0n) is 16.2. The van der Waals surface area contributed by atoms with Gasteiger partial charge in [-0.05, 0) is 35.4 Å². The molecular formula is C24H24N2S2. The summed E-state index contributed by atoms with van der Waals surface area (Å²) < 4.78 is 0. The quantitative estimate of drug-likeness (QED) is 0.533. The van der Waals surface area contributed by atoms with E-state index in [-0.39, 0.29) is 0 Å². The average molecular weight is 405 g/mol. The minimum atomic E-state index is 0.481. The Hall–Kier alpha value is -2.04. The monoisotopic (exact) mass is 404 g/mol. The molecule has 4 heteroatoms. The Balaban J connectivity index is 1.24. The van der Waals surface area contributed by atoms with Gasteiger partial charge >= 0.3 is 0 Å². The van der Waals surface area contributed by atoms with Gasteiger partial charge in [0.1, 0.15) is 0 Å². The van der Waals surface area contributed by atoms with Crippen LogP contribution in [0.1, 0.15) is 11.1 Å². The molecule has 0 bridgehead atoms. The van der Waals surface area contributed by atoms with Gasteiger partial charge in [-0.1, -0.05) is 72.1 Å². The van der Waals surface area contributed by atoms with E-state index < -0.39 is 0 Å². The molecule has 142 valence electrons. The van der Waals surface area contributed by atoms with Gasteiger partial charge in [0.05, 0.1) is 22.1 Å². The zero-order chi connectivity index (χ0) is 19.1. The summed E-state index contributed by atoms with van der Waals surface area (Å²) in [6.07, 6.45) is 2.14. The van der Waals surface area contributed by atoms with Gasteiger partial charge in [0.15, 0.2) is 0 Å². The minimum absolute atomic E-state index is 0.481. The molecule has 28 heavy (non-hydrogen) atoms. The Kier molecular flexibility index (Phi) is 4.77. The number of nitrogens with zero attached hydrogens (tertiary/aromatic N) is 2. The summed E-state index contributed by atoms with van der Waals surface area (Å²) in [5.74, 6) is 0. The van der Waals surface area contributed by atoms with Crippen LogP contribution in [0.5, 0.6) is 0 Å². The minimum Gasteiger partial charge on any atom is -0.361 e. The van der Waals surface area contributed by atoms with E-state index in [2.05, 4.69) is 96.7 Å². The normalized spacial score (nSPS) is 20.4. The number of likely N-dealkylation sites (N-methyl/N-ethyl adjacent to an activating group) is 2. The number of rotatable bonds is 4. The third-order valence-corrected chi connectivity index (χ3v) is 8.43. The van der Waals surface area contributed by atoms with Gasteiger partial charge in [-0.3, -0.25) is 0 Å². The second-order valence-electron chi connectivity index (χ2n) is 7.53. The molecule has 0 aromatic heterocycles. The molecular weight excluding hydrogens is 380 g/mol. The zero-order valence-corrected chi connectivity index (χ0v) is 17.8. The van der Waals surface area contributed by atoms with Crippen LogP contribution in [0.15, 0.2) is 82.6 Å². The van der Waals surface area contributed by atoms with Gasteiger partial charge in [0.2, 0.25) is 0 Å². The van der Waals surface area contributed by atoms with Crippen molar-refractivity contribution in [2.24, 2.45) is 0 Å². The predicted octanol–water partition coefficient (Wildman–Crippen LogP) is 5.91. The van der Waals surface area contributed by atoms with Crippen LogP contribution in [-0.2, 0) is 12.8 Å². The highest BCUT2D eigenvalue weighted by Crippen LogP contribution is 2.44. The molecule has 3 aromatic rings. The summed E-state index contributed by atoms with van der Waals surface area (Å²) in [7, 11) is 4.42. The van der Waals surface area contributed by atoms with Crippen molar-refractivity contribution in [2.45, 2.75) is 33.4 Å². The van der Waals surface area contributed by atoms with Crippen LogP contribution in [0, 0.1) is 0 Å². The molecule has 0 fully saturated rings. The largest absolute Gasteiger partial charge is 0.361 e. The van der Waals surface area contributed by atoms with E-state index in [1.54, 1.807) is 0 Å². The van der Waals surface area contributed by atoms with Crippen LogP contribution in [0.2, 0.25) is 0 Å². The van der Waals surface area contributed by atoms with Crippen LogP contribution in [0.4, 0.5) is 11.4 Å². The lowest BCUT2D eigenvalue weighted by Crippen LogP contribution is -2.27. The van der Waals surface area contributed by atoms with E-state index in [1.807, 2.05) is 23.5 Å². The van der Waals surface area contributed by atoms with Gasteiger partial charge in [-0.25, -0.2) is 0 Å². The molecule has 2 heterocycles. The maximum absolute atomic E-state index is 2.41. The van der Waals surface area contributed by atoms with Crippen LogP contribution in [0.3, 0.4) is 0 Å². The number of hydrogen-bond donors (Lipinski definition) is 0. The molecule has 0 aliphatic carbocycles. The number of anilines is 2.